The number of carbonyl (C=O) groups is 2. The van der Waals surface area contributed by atoms with Crippen LogP contribution in [0.2, 0.25) is 0 Å². The fourth-order valence-corrected chi connectivity index (χ4v) is 3.35. The van der Waals surface area contributed by atoms with Crippen molar-refractivity contribution in [3.05, 3.63) is 77.4 Å². The summed E-state index contributed by atoms with van der Waals surface area (Å²) < 4.78 is 10.4. The van der Waals surface area contributed by atoms with Crippen LogP contribution in [0.3, 0.4) is 0 Å². The molecule has 1 aromatic heterocycles. The Hall–Kier alpha value is -4.53. The molecule has 5 N–H and O–H groups in total. The Kier molecular flexibility index (Phi) is 6.12. The minimum Gasteiger partial charge on any atom is -0.493 e. The molecule has 4 rings (SSSR count). The number of nitrogens with zero attached hydrogens (tertiary/aromatic N) is 1. The maximum absolute atomic E-state index is 12.9. The lowest BCUT2D eigenvalue weighted by Crippen LogP contribution is -2.28. The normalized spacial score (nSPS) is 10.6. The van der Waals surface area contributed by atoms with Gasteiger partial charge in [-0.1, -0.05) is 35.0 Å². The molecule has 0 saturated carbocycles. The number of methoxy groups -OCH3 is 1. The topological polar surface area (TPSA) is 132 Å². The first-order valence-electron chi connectivity index (χ1n) is 10.2. The molecule has 0 atom stereocenters. The summed E-state index contributed by atoms with van der Waals surface area (Å²) in [7, 11) is 1.49. The van der Waals surface area contributed by atoms with E-state index in [-0.39, 0.29) is 24.3 Å². The van der Waals surface area contributed by atoms with E-state index in [1.807, 2.05) is 37.3 Å². The third kappa shape index (κ3) is 4.87. The molecule has 0 aliphatic rings. The molecule has 0 radical (unpaired) electrons. The van der Waals surface area contributed by atoms with Crippen molar-refractivity contribution in [2.75, 3.05) is 23.5 Å². The molecule has 0 unspecified atom stereocenters. The van der Waals surface area contributed by atoms with Gasteiger partial charge in [0.05, 0.1) is 18.1 Å². The van der Waals surface area contributed by atoms with Gasteiger partial charge in [-0.15, -0.1) is 0 Å². The summed E-state index contributed by atoms with van der Waals surface area (Å²) in [5, 5.41) is 12.6. The first-order chi connectivity index (χ1) is 15.9. The average Bonchev–Trinajstić information content (AvgIpc) is 3.20. The van der Waals surface area contributed by atoms with Crippen molar-refractivity contribution >= 4 is 40.1 Å². The molecule has 0 aliphatic carbocycles. The number of anilines is 3. The quantitative estimate of drug-likeness (QED) is 0.350. The molecular weight excluding hydrogens is 422 g/mol. The monoisotopic (exact) mass is 445 g/mol. The molecular formula is C24H23N5O4. The van der Waals surface area contributed by atoms with E-state index in [0.717, 1.165) is 11.1 Å². The van der Waals surface area contributed by atoms with Gasteiger partial charge in [0, 0.05) is 17.9 Å². The number of amides is 3. The number of aryl methyl sites for hydroxylation is 1. The summed E-state index contributed by atoms with van der Waals surface area (Å²) in [6.45, 7) is 2.26. The van der Waals surface area contributed by atoms with Gasteiger partial charge in [0.2, 0.25) is 5.58 Å². The molecule has 0 fully saturated rings. The molecule has 0 aliphatic heterocycles. The van der Waals surface area contributed by atoms with Gasteiger partial charge in [-0.25, -0.2) is 4.79 Å². The number of hydrogen-bond acceptors (Lipinski definition) is 6. The van der Waals surface area contributed by atoms with Crippen molar-refractivity contribution < 1.29 is 18.8 Å². The Balaban J connectivity index is 1.42. The molecule has 3 aromatic carbocycles. The van der Waals surface area contributed by atoms with E-state index in [2.05, 4.69) is 21.1 Å². The summed E-state index contributed by atoms with van der Waals surface area (Å²) in [4.78, 5) is 25.1. The number of fused-ring (bicyclic) bond motifs is 1. The van der Waals surface area contributed by atoms with Crippen molar-refractivity contribution in [2.24, 2.45) is 0 Å². The van der Waals surface area contributed by atoms with Crippen LogP contribution in [0.5, 0.6) is 5.75 Å². The first kappa shape index (κ1) is 21.7. The maximum atomic E-state index is 12.9. The molecule has 3 amide bonds. The average molecular weight is 445 g/mol. The lowest BCUT2D eigenvalue weighted by Gasteiger charge is -2.11. The van der Waals surface area contributed by atoms with Gasteiger partial charge in [-0.3, -0.25) is 4.79 Å². The van der Waals surface area contributed by atoms with Gasteiger partial charge in [0.25, 0.3) is 5.91 Å². The van der Waals surface area contributed by atoms with Crippen LogP contribution in [0, 0.1) is 6.92 Å². The number of benzene rings is 3. The molecule has 168 valence electrons. The molecule has 0 saturated heterocycles. The number of aromatic nitrogens is 1. The van der Waals surface area contributed by atoms with Gasteiger partial charge < -0.3 is 30.9 Å². The molecule has 1 heterocycles. The van der Waals surface area contributed by atoms with Crippen LogP contribution >= 0.6 is 0 Å². The second-order valence-corrected chi connectivity index (χ2v) is 7.42. The predicted molar refractivity (Wildman–Crippen MR) is 126 cm³/mol. The van der Waals surface area contributed by atoms with Gasteiger partial charge in [-0.05, 0) is 48.9 Å². The molecule has 9 nitrogen and oxygen atoms in total. The van der Waals surface area contributed by atoms with E-state index in [0.29, 0.717) is 33.7 Å². The molecule has 9 heteroatoms. The van der Waals surface area contributed by atoms with E-state index < -0.39 is 0 Å². The zero-order chi connectivity index (χ0) is 23.4. The van der Waals surface area contributed by atoms with E-state index in [1.54, 1.807) is 30.3 Å². The van der Waals surface area contributed by atoms with Crippen molar-refractivity contribution in [1.29, 1.82) is 0 Å². The number of nitrogen functional groups attached to an aromatic ring is 1. The highest BCUT2D eigenvalue weighted by atomic mass is 16.5. The minimum atomic E-state index is -0.375. The van der Waals surface area contributed by atoms with E-state index >= 15 is 0 Å². The van der Waals surface area contributed by atoms with E-state index in [1.165, 1.54) is 7.11 Å². The summed E-state index contributed by atoms with van der Waals surface area (Å²) >= 11 is 0. The fraction of sp³-hybridized carbons (Fsp3) is 0.125. The van der Waals surface area contributed by atoms with Crippen molar-refractivity contribution in [1.82, 2.24) is 10.5 Å². The van der Waals surface area contributed by atoms with Crippen LogP contribution in [0.4, 0.5) is 22.0 Å². The first-order valence-corrected chi connectivity index (χ1v) is 10.2. The number of nitrogens with two attached hydrogens (primary N) is 1. The highest BCUT2D eigenvalue weighted by molar-refractivity contribution is 6.15. The van der Waals surface area contributed by atoms with Crippen LogP contribution in [0.1, 0.15) is 21.5 Å². The van der Waals surface area contributed by atoms with E-state index in [9.17, 15) is 9.59 Å². The lowest BCUT2D eigenvalue weighted by atomic mass is 10.1. The van der Waals surface area contributed by atoms with E-state index in [4.69, 9.17) is 15.0 Å². The predicted octanol–water partition coefficient (Wildman–Crippen LogP) is 4.30. The lowest BCUT2D eigenvalue weighted by molar-refractivity contribution is 0.102. The third-order valence-electron chi connectivity index (χ3n) is 5.02. The zero-order valence-corrected chi connectivity index (χ0v) is 18.1. The number of nitrogens with one attached hydrogen (secondary N) is 3. The van der Waals surface area contributed by atoms with Crippen molar-refractivity contribution in [2.45, 2.75) is 13.5 Å². The number of hydrogen-bond donors (Lipinski definition) is 4. The zero-order valence-electron chi connectivity index (χ0n) is 18.1. The number of carbonyl (C=O) groups excluding carboxylic acids is 2. The standard InChI is InChI=1S/C24H23N5O4/c1-14-6-8-16(9-7-14)28-24(31)26-13-15-4-3-5-17(12-15)27-23(30)18-10-11-19(32-2)21-20(18)22(25)29-33-21/h3-12H,13H2,1-2H3,(H2,25,29)(H,27,30)(H2,26,28,31). The molecule has 33 heavy (non-hydrogen) atoms. The van der Waals surface area contributed by atoms with Crippen LogP contribution in [0.25, 0.3) is 11.0 Å². The van der Waals surface area contributed by atoms with Crippen molar-refractivity contribution in [3.63, 3.8) is 0 Å². The molecule has 4 aromatic rings. The number of urea groups is 1. The van der Waals surface area contributed by atoms with Gasteiger partial charge in [-0.2, -0.15) is 0 Å². The Labute approximate surface area is 189 Å². The Morgan fingerprint density at radius 1 is 1.03 bits per heavy atom. The van der Waals surface area contributed by atoms with Crippen molar-refractivity contribution in [3.8, 4) is 5.75 Å². The Morgan fingerprint density at radius 3 is 2.58 bits per heavy atom. The summed E-state index contributed by atoms with van der Waals surface area (Å²) in [5.41, 5.74) is 9.72. The Bertz CT molecular complexity index is 1310. The highest BCUT2D eigenvalue weighted by Crippen LogP contribution is 2.32. The summed E-state index contributed by atoms with van der Waals surface area (Å²) in [6, 6.07) is 17.6. The van der Waals surface area contributed by atoms with Crippen LogP contribution in [-0.2, 0) is 6.54 Å². The smallest absolute Gasteiger partial charge is 0.319 e. The minimum absolute atomic E-state index is 0.103. The third-order valence-corrected chi connectivity index (χ3v) is 5.02. The highest BCUT2D eigenvalue weighted by Gasteiger charge is 2.20. The van der Waals surface area contributed by atoms with Gasteiger partial charge >= 0.3 is 6.03 Å². The van der Waals surface area contributed by atoms with Crippen LogP contribution in [-0.4, -0.2) is 24.2 Å². The maximum Gasteiger partial charge on any atom is 0.319 e. The second-order valence-electron chi connectivity index (χ2n) is 7.42. The molecule has 0 bridgehead atoms. The summed E-state index contributed by atoms with van der Waals surface area (Å²) in [5.74, 6) is 0.161. The van der Waals surface area contributed by atoms with Crippen LogP contribution in [0.15, 0.2) is 65.2 Å². The largest absolute Gasteiger partial charge is 0.493 e. The Morgan fingerprint density at radius 2 is 1.82 bits per heavy atom. The van der Waals surface area contributed by atoms with Gasteiger partial charge in [0.15, 0.2) is 11.6 Å². The summed E-state index contributed by atoms with van der Waals surface area (Å²) in [6.07, 6.45) is 0. The number of rotatable bonds is 6. The van der Waals surface area contributed by atoms with Gasteiger partial charge in [0.1, 0.15) is 0 Å². The van der Waals surface area contributed by atoms with Crippen LogP contribution < -0.4 is 26.4 Å². The number of ether oxygens (including phenoxy) is 1. The SMILES string of the molecule is COc1ccc(C(=O)Nc2cccc(CNC(=O)Nc3ccc(C)cc3)c2)c2c(N)noc12. The second kappa shape index (κ2) is 9.31. The fourth-order valence-electron chi connectivity index (χ4n) is 3.35. The molecule has 0 spiro atoms.